The lowest BCUT2D eigenvalue weighted by atomic mass is 10.0. The second-order valence-corrected chi connectivity index (χ2v) is 20.6. The van der Waals surface area contributed by atoms with E-state index in [1.807, 2.05) is 0 Å². The molecule has 0 heterocycles. The molecule has 74 heavy (non-hydrogen) atoms. The summed E-state index contributed by atoms with van der Waals surface area (Å²) in [4.78, 5) is 38.3. The van der Waals surface area contributed by atoms with Gasteiger partial charge in [0.05, 0.1) is 0 Å². The van der Waals surface area contributed by atoms with Gasteiger partial charge in [0.1, 0.15) is 13.2 Å². The molecule has 424 valence electrons. The van der Waals surface area contributed by atoms with Crippen LogP contribution < -0.4 is 0 Å². The number of esters is 3. The van der Waals surface area contributed by atoms with Crippen molar-refractivity contribution in [1.29, 1.82) is 0 Å². The fourth-order valence-corrected chi connectivity index (χ4v) is 8.65. The maximum Gasteiger partial charge on any atom is 0.306 e. The third-order valence-electron chi connectivity index (χ3n) is 13.3. The Hall–Kier alpha value is -3.67. The highest BCUT2D eigenvalue weighted by atomic mass is 16.6. The highest BCUT2D eigenvalue weighted by Gasteiger charge is 2.19. The Morgan fingerprint density at radius 2 is 0.527 bits per heavy atom. The summed E-state index contributed by atoms with van der Waals surface area (Å²) in [6.07, 6.45) is 82.6. The van der Waals surface area contributed by atoms with Gasteiger partial charge in [-0.05, 0) is 103 Å². The average molecular weight is 1030 g/mol. The van der Waals surface area contributed by atoms with Gasteiger partial charge in [-0.1, -0.05) is 272 Å². The lowest BCUT2D eigenvalue weighted by molar-refractivity contribution is -0.167. The molecule has 6 nitrogen and oxygen atoms in total. The zero-order valence-electron chi connectivity index (χ0n) is 48.6. The van der Waals surface area contributed by atoms with Crippen molar-refractivity contribution >= 4 is 17.9 Å². The molecule has 1 unspecified atom stereocenters. The number of unbranched alkanes of at least 4 members (excludes halogenated alkanes) is 29. The van der Waals surface area contributed by atoms with Gasteiger partial charge in [0.25, 0.3) is 0 Å². The van der Waals surface area contributed by atoms with Crippen LogP contribution in [0.4, 0.5) is 0 Å². The van der Waals surface area contributed by atoms with Gasteiger partial charge in [-0.2, -0.15) is 0 Å². The molecule has 0 rings (SSSR count). The Kier molecular flexibility index (Phi) is 58.8. The van der Waals surface area contributed by atoms with E-state index in [1.165, 1.54) is 141 Å². The third-order valence-corrected chi connectivity index (χ3v) is 13.3. The molecule has 0 aliphatic heterocycles. The van der Waals surface area contributed by atoms with E-state index in [9.17, 15) is 14.4 Å². The average Bonchev–Trinajstić information content (AvgIpc) is 3.40. The molecule has 1 atom stereocenters. The van der Waals surface area contributed by atoms with Crippen molar-refractivity contribution in [1.82, 2.24) is 0 Å². The number of carbonyl (C=O) groups excluding carboxylic acids is 3. The summed E-state index contributed by atoms with van der Waals surface area (Å²) in [5, 5.41) is 0. The van der Waals surface area contributed by atoms with Gasteiger partial charge < -0.3 is 14.2 Å². The van der Waals surface area contributed by atoms with Crippen LogP contribution >= 0.6 is 0 Å². The van der Waals surface area contributed by atoms with Crippen LogP contribution in [0.15, 0.2) is 97.2 Å². The van der Waals surface area contributed by atoms with E-state index in [0.29, 0.717) is 12.8 Å². The molecule has 0 aromatic carbocycles. The summed E-state index contributed by atoms with van der Waals surface area (Å²) in [7, 11) is 0. The second-order valence-electron chi connectivity index (χ2n) is 20.6. The van der Waals surface area contributed by atoms with E-state index in [4.69, 9.17) is 14.2 Å². The summed E-state index contributed by atoms with van der Waals surface area (Å²) in [5.41, 5.74) is 0. The maximum atomic E-state index is 12.9. The summed E-state index contributed by atoms with van der Waals surface area (Å²) in [5.74, 6) is -0.930. The van der Waals surface area contributed by atoms with Crippen LogP contribution in [-0.2, 0) is 28.6 Å². The Morgan fingerprint density at radius 1 is 0.284 bits per heavy atom. The molecule has 0 aromatic heterocycles. The molecule has 0 radical (unpaired) electrons. The van der Waals surface area contributed by atoms with E-state index in [2.05, 4.69) is 118 Å². The number of rotatable bonds is 56. The van der Waals surface area contributed by atoms with E-state index >= 15 is 0 Å². The molecule has 0 saturated heterocycles. The molecule has 0 aromatic rings. The normalized spacial score (nSPS) is 12.7. The van der Waals surface area contributed by atoms with E-state index in [-0.39, 0.29) is 37.5 Å². The van der Waals surface area contributed by atoms with Crippen molar-refractivity contribution in [3.05, 3.63) is 97.2 Å². The zero-order valence-corrected chi connectivity index (χ0v) is 48.6. The first-order valence-corrected chi connectivity index (χ1v) is 31.2. The van der Waals surface area contributed by atoms with Crippen LogP contribution in [0.3, 0.4) is 0 Å². The molecule has 0 fully saturated rings. The van der Waals surface area contributed by atoms with Crippen LogP contribution in [0.1, 0.15) is 297 Å². The topological polar surface area (TPSA) is 78.9 Å². The highest BCUT2D eigenvalue weighted by molar-refractivity contribution is 5.71. The largest absolute Gasteiger partial charge is 0.462 e. The lowest BCUT2D eigenvalue weighted by Crippen LogP contribution is -2.30. The first kappa shape index (κ1) is 70.3. The van der Waals surface area contributed by atoms with Crippen LogP contribution in [0, 0.1) is 0 Å². The second kappa shape index (κ2) is 61.9. The predicted octanol–water partition coefficient (Wildman–Crippen LogP) is 21.3. The molecule has 0 spiro atoms. The van der Waals surface area contributed by atoms with Crippen molar-refractivity contribution in [3.63, 3.8) is 0 Å². The fourth-order valence-electron chi connectivity index (χ4n) is 8.65. The molecule has 0 N–H and O–H groups in total. The van der Waals surface area contributed by atoms with E-state index in [1.54, 1.807) is 0 Å². The number of carbonyl (C=O) groups is 3. The third kappa shape index (κ3) is 59.2. The van der Waals surface area contributed by atoms with E-state index < -0.39 is 6.10 Å². The summed E-state index contributed by atoms with van der Waals surface area (Å²) in [6, 6.07) is 0. The van der Waals surface area contributed by atoms with Crippen LogP contribution in [0.5, 0.6) is 0 Å². The van der Waals surface area contributed by atoms with Crippen molar-refractivity contribution < 1.29 is 28.6 Å². The van der Waals surface area contributed by atoms with Gasteiger partial charge in [0, 0.05) is 19.3 Å². The maximum absolute atomic E-state index is 12.9. The minimum Gasteiger partial charge on any atom is -0.462 e. The zero-order chi connectivity index (χ0) is 53.6. The van der Waals surface area contributed by atoms with Crippen molar-refractivity contribution in [2.45, 2.75) is 303 Å². The minimum absolute atomic E-state index is 0.0936. The Morgan fingerprint density at radius 3 is 0.838 bits per heavy atom. The lowest BCUT2D eigenvalue weighted by Gasteiger charge is -2.18. The summed E-state index contributed by atoms with van der Waals surface area (Å²) in [6.45, 7) is 6.50. The summed E-state index contributed by atoms with van der Waals surface area (Å²) >= 11 is 0. The molecule has 0 saturated carbocycles. The number of hydrogen-bond donors (Lipinski definition) is 0. The first-order valence-electron chi connectivity index (χ1n) is 31.2. The van der Waals surface area contributed by atoms with Gasteiger partial charge in [0.2, 0.25) is 0 Å². The fraction of sp³-hybridized carbons (Fsp3) is 0.721. The first-order chi connectivity index (χ1) is 36.5. The van der Waals surface area contributed by atoms with E-state index in [0.717, 1.165) is 116 Å². The molecule has 0 bridgehead atoms. The number of allylic oxidation sites excluding steroid dienone is 16. The van der Waals surface area contributed by atoms with Crippen molar-refractivity contribution in [2.75, 3.05) is 13.2 Å². The molecule has 0 aliphatic rings. The quantitative estimate of drug-likeness (QED) is 0.0261. The summed E-state index contributed by atoms with van der Waals surface area (Å²) < 4.78 is 16.9. The standard InChI is InChI=1S/C68H116O6/c1-4-7-10-13-16-19-22-25-28-31-33-34-36-37-40-43-46-49-52-55-58-61-67(70)73-64-65(63-72-66(69)60-57-54-51-48-45-42-39-30-27-24-21-18-15-12-9-6-3)74-68(71)62-59-56-53-50-47-44-41-38-35-32-29-26-23-20-17-14-11-8-5-2/h8,11,17,20,22,25-26,29,31,33,35-38,44,47,65H,4-7,9-10,12-16,18-19,21,23-24,27-28,30,32,34,39-43,45-46,48-64H2,1-3H3/b11-8-,20-17-,25-22-,29-26-,33-31-,37-36-,38-35-,47-44-. The molecular weight excluding hydrogens is 913 g/mol. The number of ether oxygens (including phenoxy) is 3. The van der Waals surface area contributed by atoms with Crippen molar-refractivity contribution in [3.8, 4) is 0 Å². The number of hydrogen-bond acceptors (Lipinski definition) is 6. The Labute approximate surface area is 457 Å². The van der Waals surface area contributed by atoms with Gasteiger partial charge in [-0.15, -0.1) is 0 Å². The Balaban J connectivity index is 4.46. The van der Waals surface area contributed by atoms with Crippen LogP contribution in [0.2, 0.25) is 0 Å². The van der Waals surface area contributed by atoms with Gasteiger partial charge >= 0.3 is 17.9 Å². The Bertz CT molecular complexity index is 1460. The SMILES string of the molecule is CC/C=C\C/C=C\C/C=C\C/C=C\C/C=C\CCCCCC(=O)OC(COC(=O)CCCCCCCC/C=C\C/C=C\C/C=C\CCCCCCC)COC(=O)CCCCCCCCCCCCCCCCCC. The molecular formula is C68H116O6. The van der Waals surface area contributed by atoms with Gasteiger partial charge in [-0.3, -0.25) is 14.4 Å². The van der Waals surface area contributed by atoms with Crippen LogP contribution in [0.25, 0.3) is 0 Å². The smallest absolute Gasteiger partial charge is 0.306 e. The molecule has 0 aliphatic carbocycles. The molecule has 6 heteroatoms. The molecule has 0 amide bonds. The van der Waals surface area contributed by atoms with Gasteiger partial charge in [0.15, 0.2) is 6.10 Å². The monoisotopic (exact) mass is 1030 g/mol. The highest BCUT2D eigenvalue weighted by Crippen LogP contribution is 2.16. The predicted molar refractivity (Wildman–Crippen MR) is 320 cm³/mol. The van der Waals surface area contributed by atoms with Crippen molar-refractivity contribution in [2.24, 2.45) is 0 Å². The van der Waals surface area contributed by atoms with Crippen LogP contribution in [-0.4, -0.2) is 37.2 Å². The minimum atomic E-state index is -0.801. The van der Waals surface area contributed by atoms with Gasteiger partial charge in [-0.25, -0.2) is 0 Å².